The fourth-order valence-electron chi connectivity index (χ4n) is 5.41. The molecule has 11 heteroatoms. The number of hydrogen-bond donors (Lipinski definition) is 1. The second-order valence-corrected chi connectivity index (χ2v) is 10.1. The fraction of sp³-hybridized carbons (Fsp3) is 0.296. The lowest BCUT2D eigenvalue weighted by molar-refractivity contribution is 0.0313. The molecule has 1 aromatic carbocycles. The number of halogens is 2. The van der Waals surface area contributed by atoms with Crippen molar-refractivity contribution in [3.63, 3.8) is 0 Å². The number of benzene rings is 1. The smallest absolute Gasteiger partial charge is 0.216 e. The van der Waals surface area contributed by atoms with E-state index in [1.54, 1.807) is 36.3 Å². The number of nitrogens with zero attached hydrogens (tertiary/aromatic N) is 3. The third kappa shape index (κ3) is 3.79. The summed E-state index contributed by atoms with van der Waals surface area (Å²) in [5.41, 5.74) is 1.85. The summed E-state index contributed by atoms with van der Waals surface area (Å²) in [5, 5.41) is 15.1. The molecule has 4 heterocycles. The van der Waals surface area contributed by atoms with Crippen molar-refractivity contribution in [1.82, 2.24) is 4.90 Å². The minimum atomic E-state index is -1.72. The van der Waals surface area contributed by atoms with Crippen molar-refractivity contribution in [1.29, 1.82) is 0 Å². The molecule has 0 aromatic heterocycles. The van der Waals surface area contributed by atoms with Crippen LogP contribution in [0.2, 0.25) is 0 Å². The molecule has 1 unspecified atom stereocenters. The van der Waals surface area contributed by atoms with E-state index in [4.69, 9.17) is 9.57 Å². The van der Waals surface area contributed by atoms with E-state index in [0.29, 0.717) is 43.7 Å². The van der Waals surface area contributed by atoms with Crippen LogP contribution in [0.3, 0.4) is 0 Å². The van der Waals surface area contributed by atoms with Gasteiger partial charge in [0.2, 0.25) is 5.76 Å². The third-order valence-corrected chi connectivity index (χ3v) is 8.31. The lowest BCUT2D eigenvalue weighted by Crippen LogP contribution is -2.43. The van der Waals surface area contributed by atoms with Gasteiger partial charge in [-0.05, 0) is 52.8 Å². The van der Waals surface area contributed by atoms with Crippen molar-refractivity contribution in [2.45, 2.75) is 31.4 Å². The Kier molecular flexibility index (Phi) is 6.73. The minimum absolute atomic E-state index is 0.121. The molecule has 2 atom stereocenters. The Morgan fingerprint density at radius 3 is 2.76 bits per heavy atom. The summed E-state index contributed by atoms with van der Waals surface area (Å²) < 4.78 is 20.5. The van der Waals surface area contributed by atoms with Gasteiger partial charge in [-0.1, -0.05) is 12.1 Å². The van der Waals surface area contributed by atoms with E-state index >= 15 is 0 Å². The summed E-state index contributed by atoms with van der Waals surface area (Å²) >= 11 is 2.03. The normalized spacial score (nSPS) is 23.8. The van der Waals surface area contributed by atoms with Crippen molar-refractivity contribution < 1.29 is 33.5 Å². The van der Waals surface area contributed by atoms with Crippen LogP contribution < -0.4 is 4.90 Å². The molecule has 0 fully saturated rings. The van der Waals surface area contributed by atoms with E-state index in [-0.39, 0.29) is 42.6 Å². The molecule has 0 aliphatic carbocycles. The van der Waals surface area contributed by atoms with Crippen LogP contribution in [-0.4, -0.2) is 65.9 Å². The standard InChI is InChI=1S/C27H21FIN3O6/c1-3-27(36)21-4-5-31(23(12-34)20(21)14-38-24(27)13-35)10-22-25(29)19(11-33)18-8-16(28)6-15-7-17(9-30-37-2)32(22)26(15)18/h4-6,8-9,17,36H,3,7,10,14H2,1-2H3/t17?,27-/m0/s1. The molecular weight excluding hydrogens is 608 g/mol. The second-order valence-electron chi connectivity index (χ2n) is 9.00. The highest BCUT2D eigenvalue weighted by atomic mass is 127. The van der Waals surface area contributed by atoms with E-state index in [0.717, 1.165) is 0 Å². The largest absolute Gasteiger partial charge is 0.479 e. The van der Waals surface area contributed by atoms with E-state index < -0.39 is 11.4 Å². The molecule has 0 amide bonds. The van der Waals surface area contributed by atoms with Gasteiger partial charge in [-0.2, -0.15) is 0 Å². The highest BCUT2D eigenvalue weighted by Gasteiger charge is 2.45. The van der Waals surface area contributed by atoms with Crippen molar-refractivity contribution in [3.05, 3.63) is 73.2 Å². The molecule has 0 spiro atoms. The first-order valence-corrected chi connectivity index (χ1v) is 12.8. The highest BCUT2D eigenvalue weighted by Crippen LogP contribution is 2.50. The first kappa shape index (κ1) is 25.9. The summed E-state index contributed by atoms with van der Waals surface area (Å²) in [6.07, 6.45) is 5.41. The van der Waals surface area contributed by atoms with Gasteiger partial charge in [0, 0.05) is 29.3 Å². The number of allylic oxidation sites excluding steroid dienone is 2. The number of ether oxygens (including phenoxy) is 1. The van der Waals surface area contributed by atoms with Crippen molar-refractivity contribution in [2.75, 3.05) is 25.2 Å². The molecule has 4 aliphatic rings. The fourth-order valence-corrected chi connectivity index (χ4v) is 6.24. The van der Waals surface area contributed by atoms with Crippen LogP contribution in [0.5, 0.6) is 0 Å². The average molecular weight is 629 g/mol. The topological polar surface area (TPSA) is 109 Å². The number of oxime groups is 1. The summed E-state index contributed by atoms with van der Waals surface area (Å²) in [5.74, 6) is 4.89. The molecule has 0 saturated carbocycles. The van der Waals surface area contributed by atoms with Gasteiger partial charge in [-0.15, -0.1) is 0 Å². The molecule has 0 radical (unpaired) electrons. The van der Waals surface area contributed by atoms with Gasteiger partial charge in [-0.3, -0.25) is 0 Å². The zero-order valence-corrected chi connectivity index (χ0v) is 22.5. The van der Waals surface area contributed by atoms with Gasteiger partial charge in [-0.25, -0.2) is 18.8 Å². The number of anilines is 1. The van der Waals surface area contributed by atoms with Gasteiger partial charge in [0.1, 0.15) is 31.2 Å². The quantitative estimate of drug-likeness (QED) is 0.230. The van der Waals surface area contributed by atoms with Gasteiger partial charge >= 0.3 is 0 Å². The molecule has 194 valence electrons. The monoisotopic (exact) mass is 629 g/mol. The molecule has 9 nitrogen and oxygen atoms in total. The summed E-state index contributed by atoms with van der Waals surface area (Å²) in [6.45, 7) is 1.69. The highest BCUT2D eigenvalue weighted by molar-refractivity contribution is 14.1. The Hall–Kier alpha value is -3.72. The number of aliphatic hydroxyl groups is 1. The molecule has 4 aliphatic heterocycles. The predicted molar refractivity (Wildman–Crippen MR) is 144 cm³/mol. The number of rotatable bonds is 5. The van der Waals surface area contributed by atoms with E-state index in [1.165, 1.54) is 19.2 Å². The molecule has 0 saturated heterocycles. The van der Waals surface area contributed by atoms with Crippen molar-refractivity contribution in [3.8, 4) is 0 Å². The zero-order chi connectivity index (χ0) is 27.2. The lowest BCUT2D eigenvalue weighted by atomic mass is 9.81. The Labute approximate surface area is 230 Å². The van der Waals surface area contributed by atoms with Crippen LogP contribution in [0.4, 0.5) is 10.1 Å². The van der Waals surface area contributed by atoms with Gasteiger partial charge in [0.05, 0.1) is 39.3 Å². The van der Waals surface area contributed by atoms with Gasteiger partial charge in [0.25, 0.3) is 0 Å². The SMILES string of the molecule is CC[C@@]1(O)C(=C=O)OCC2=C1C=CN(CC1=C(I)C(=C=O)c3cc(F)cc4c3N1C(C=NOC)C4)C2=C=O. The molecule has 1 N–H and O–H groups in total. The Balaban J connectivity index is 1.60. The van der Waals surface area contributed by atoms with Gasteiger partial charge < -0.3 is 24.5 Å². The summed E-state index contributed by atoms with van der Waals surface area (Å²) in [7, 11) is 1.42. The van der Waals surface area contributed by atoms with Crippen molar-refractivity contribution in [2.24, 2.45) is 5.16 Å². The lowest BCUT2D eigenvalue weighted by Gasteiger charge is -2.41. The molecule has 38 heavy (non-hydrogen) atoms. The third-order valence-electron chi connectivity index (χ3n) is 7.15. The molecule has 5 rings (SSSR count). The molecule has 0 bridgehead atoms. The maximum Gasteiger partial charge on any atom is 0.216 e. The van der Waals surface area contributed by atoms with E-state index in [9.17, 15) is 23.9 Å². The van der Waals surface area contributed by atoms with Crippen LogP contribution in [0.25, 0.3) is 5.57 Å². The van der Waals surface area contributed by atoms with E-state index in [1.807, 2.05) is 39.4 Å². The molecule has 1 aromatic rings. The summed E-state index contributed by atoms with van der Waals surface area (Å²) in [6, 6.07) is 2.41. The summed E-state index contributed by atoms with van der Waals surface area (Å²) in [4.78, 5) is 44.2. The first-order valence-electron chi connectivity index (χ1n) is 11.7. The van der Waals surface area contributed by atoms with Crippen molar-refractivity contribution >= 4 is 57.9 Å². The van der Waals surface area contributed by atoms with Crippen LogP contribution >= 0.6 is 22.6 Å². The number of carbonyl (C=O) groups excluding carboxylic acids is 3. The first-order chi connectivity index (χ1) is 18.3. The van der Waals surface area contributed by atoms with Crippen LogP contribution in [0.1, 0.15) is 24.5 Å². The molecular formula is C27H21FIN3O6. The zero-order valence-electron chi connectivity index (χ0n) is 20.4. The van der Waals surface area contributed by atoms with Crippen LogP contribution in [0.15, 0.2) is 61.4 Å². The number of hydrogen-bond acceptors (Lipinski definition) is 9. The Bertz CT molecular complexity index is 1520. The Morgan fingerprint density at radius 2 is 2.11 bits per heavy atom. The minimum Gasteiger partial charge on any atom is -0.479 e. The second kappa shape index (κ2) is 9.87. The van der Waals surface area contributed by atoms with E-state index in [2.05, 4.69) is 5.16 Å². The predicted octanol–water partition coefficient (Wildman–Crippen LogP) is 2.79. The maximum absolute atomic E-state index is 14.5. The van der Waals surface area contributed by atoms with Crippen LogP contribution in [0, 0.1) is 5.82 Å². The average Bonchev–Trinajstić information content (AvgIpc) is 3.28. The van der Waals surface area contributed by atoms with Gasteiger partial charge in [0.15, 0.2) is 17.5 Å². The Morgan fingerprint density at radius 1 is 1.32 bits per heavy atom. The maximum atomic E-state index is 14.5. The van der Waals surface area contributed by atoms with Crippen LogP contribution in [-0.2, 0) is 30.4 Å².